The lowest BCUT2D eigenvalue weighted by molar-refractivity contribution is 0.0710. The van der Waals surface area contributed by atoms with Gasteiger partial charge < -0.3 is 4.90 Å². The minimum absolute atomic E-state index is 0.279. The van der Waals surface area contributed by atoms with E-state index in [9.17, 15) is 13.2 Å². The number of piperazine rings is 1. The molecule has 5 rings (SSSR count). The molecule has 2 N–H and O–H groups in total. The monoisotopic (exact) mass is 490 g/mol. The summed E-state index contributed by atoms with van der Waals surface area (Å²) < 4.78 is 28.8. The highest BCUT2D eigenvalue weighted by Gasteiger charge is 2.40. The SMILES string of the molecule is O=C(NO)c1cnc(N2CCN(S(=O)(=O)C3C(Cl)=Cc4cccc5cccc3c45)CC2)s1. The van der Waals surface area contributed by atoms with Crippen molar-refractivity contribution in [1.29, 1.82) is 0 Å². The molecule has 2 aliphatic rings. The van der Waals surface area contributed by atoms with Crippen molar-refractivity contribution in [3.05, 3.63) is 63.6 Å². The molecule has 2 heterocycles. The third kappa shape index (κ3) is 3.48. The van der Waals surface area contributed by atoms with Crippen molar-refractivity contribution < 1.29 is 18.4 Å². The van der Waals surface area contributed by atoms with Crippen molar-refractivity contribution in [3.63, 3.8) is 0 Å². The highest BCUT2D eigenvalue weighted by Crippen LogP contribution is 2.44. The van der Waals surface area contributed by atoms with Crippen molar-refractivity contribution in [1.82, 2.24) is 14.8 Å². The lowest BCUT2D eigenvalue weighted by atomic mass is 9.93. The van der Waals surface area contributed by atoms with Gasteiger partial charge in [0, 0.05) is 31.2 Å². The van der Waals surface area contributed by atoms with Gasteiger partial charge in [-0.25, -0.2) is 18.9 Å². The van der Waals surface area contributed by atoms with E-state index >= 15 is 0 Å². The first-order valence-corrected chi connectivity index (χ1v) is 12.6. The Bertz CT molecular complexity index is 1340. The van der Waals surface area contributed by atoms with Crippen LogP contribution in [0.1, 0.15) is 26.0 Å². The van der Waals surface area contributed by atoms with Crippen molar-refractivity contribution >= 4 is 60.8 Å². The number of rotatable bonds is 4. The van der Waals surface area contributed by atoms with Gasteiger partial charge in [0.15, 0.2) is 5.13 Å². The standard InChI is InChI=1S/C21H19ClN4O4S2/c22-16-11-14-5-1-3-13-4-2-6-15(18(13)14)19(16)32(29,30)26-9-7-25(8-10-26)21-23-12-17(31-21)20(27)24-28/h1-6,11-12,19,28H,7-10H2,(H,24,27). The average Bonchev–Trinajstić information content (AvgIpc) is 3.29. The van der Waals surface area contributed by atoms with E-state index in [1.165, 1.54) is 10.5 Å². The molecule has 166 valence electrons. The summed E-state index contributed by atoms with van der Waals surface area (Å²) in [7, 11) is -3.75. The first-order chi connectivity index (χ1) is 15.4. The van der Waals surface area contributed by atoms with Crippen LogP contribution < -0.4 is 10.4 Å². The van der Waals surface area contributed by atoms with Crippen LogP contribution in [0, 0.1) is 0 Å². The number of thiazole rings is 1. The number of anilines is 1. The van der Waals surface area contributed by atoms with Gasteiger partial charge in [0.2, 0.25) is 10.0 Å². The Morgan fingerprint density at radius 1 is 1.16 bits per heavy atom. The predicted octanol–water partition coefficient (Wildman–Crippen LogP) is 3.20. The second-order valence-corrected chi connectivity index (χ2v) is 11.0. The molecular weight excluding hydrogens is 472 g/mol. The van der Waals surface area contributed by atoms with Gasteiger partial charge in [0.25, 0.3) is 5.91 Å². The second kappa shape index (κ2) is 8.13. The number of carbonyl (C=O) groups excluding carboxylic acids is 1. The third-order valence-electron chi connectivity index (χ3n) is 5.78. The number of sulfonamides is 1. The van der Waals surface area contributed by atoms with E-state index < -0.39 is 21.2 Å². The van der Waals surface area contributed by atoms with Crippen molar-refractivity contribution in [2.45, 2.75) is 5.25 Å². The molecule has 32 heavy (non-hydrogen) atoms. The van der Waals surface area contributed by atoms with Crippen molar-refractivity contribution in [2.24, 2.45) is 0 Å². The van der Waals surface area contributed by atoms with Crippen LogP contribution in [-0.4, -0.2) is 55.0 Å². The number of aromatic nitrogens is 1. The van der Waals surface area contributed by atoms with Gasteiger partial charge in [0.1, 0.15) is 10.1 Å². The van der Waals surface area contributed by atoms with E-state index in [0.29, 0.717) is 28.8 Å². The molecule has 8 nitrogen and oxygen atoms in total. The number of nitrogens with zero attached hydrogens (tertiary/aromatic N) is 3. The largest absolute Gasteiger partial charge is 0.345 e. The Balaban J connectivity index is 1.40. The number of hydrogen-bond donors (Lipinski definition) is 2. The Labute approximate surface area is 193 Å². The molecule has 1 aliphatic heterocycles. The summed E-state index contributed by atoms with van der Waals surface area (Å²) in [6, 6.07) is 11.5. The van der Waals surface area contributed by atoms with E-state index in [2.05, 4.69) is 4.98 Å². The number of benzene rings is 2. The number of hydroxylamine groups is 1. The summed E-state index contributed by atoms with van der Waals surface area (Å²) in [6.07, 6.45) is 3.14. The average molecular weight is 491 g/mol. The molecule has 1 unspecified atom stereocenters. The van der Waals surface area contributed by atoms with Crippen LogP contribution in [0.3, 0.4) is 0 Å². The fourth-order valence-electron chi connectivity index (χ4n) is 4.27. The molecule has 0 spiro atoms. The van der Waals surface area contributed by atoms with Gasteiger partial charge in [-0.3, -0.25) is 10.0 Å². The minimum atomic E-state index is -3.75. The maximum Gasteiger partial charge on any atom is 0.286 e. The summed E-state index contributed by atoms with van der Waals surface area (Å²) in [6.45, 7) is 1.42. The van der Waals surface area contributed by atoms with Crippen LogP contribution in [0.5, 0.6) is 0 Å². The maximum atomic E-state index is 13.7. The molecule has 1 fully saturated rings. The summed E-state index contributed by atoms with van der Waals surface area (Å²) in [5.74, 6) is -0.622. The molecule has 1 amide bonds. The molecule has 1 aliphatic carbocycles. The lowest BCUT2D eigenvalue weighted by Gasteiger charge is -2.36. The Kier molecular flexibility index (Phi) is 5.42. The fraction of sp³-hybridized carbons (Fsp3) is 0.238. The van der Waals surface area contributed by atoms with E-state index in [0.717, 1.165) is 27.7 Å². The van der Waals surface area contributed by atoms with Gasteiger partial charge in [-0.05, 0) is 28.0 Å². The first-order valence-electron chi connectivity index (χ1n) is 9.93. The summed E-state index contributed by atoms with van der Waals surface area (Å²) in [4.78, 5) is 18.0. The van der Waals surface area contributed by atoms with E-state index in [1.807, 2.05) is 41.3 Å². The smallest absolute Gasteiger partial charge is 0.286 e. The Morgan fingerprint density at radius 2 is 1.88 bits per heavy atom. The molecule has 1 atom stereocenters. The molecule has 1 aromatic heterocycles. The van der Waals surface area contributed by atoms with Crippen molar-refractivity contribution in [3.8, 4) is 0 Å². The maximum absolute atomic E-state index is 13.7. The van der Waals surface area contributed by atoms with Crippen LogP contribution in [-0.2, 0) is 10.0 Å². The topological polar surface area (TPSA) is 103 Å². The number of nitrogens with one attached hydrogen (secondary N) is 1. The molecule has 3 aromatic rings. The third-order valence-corrected chi connectivity index (χ3v) is 9.48. The fourth-order valence-corrected chi connectivity index (χ4v) is 7.54. The predicted molar refractivity (Wildman–Crippen MR) is 125 cm³/mol. The molecule has 0 radical (unpaired) electrons. The van der Waals surface area contributed by atoms with Crippen LogP contribution in [0.4, 0.5) is 5.13 Å². The molecule has 11 heteroatoms. The van der Waals surface area contributed by atoms with Crippen LogP contribution >= 0.6 is 22.9 Å². The molecule has 2 aromatic carbocycles. The molecule has 0 bridgehead atoms. The van der Waals surface area contributed by atoms with E-state index in [1.54, 1.807) is 11.6 Å². The lowest BCUT2D eigenvalue weighted by Crippen LogP contribution is -2.50. The summed E-state index contributed by atoms with van der Waals surface area (Å²) >= 11 is 7.69. The van der Waals surface area contributed by atoms with Gasteiger partial charge >= 0.3 is 0 Å². The normalized spacial score (nSPS) is 19.1. The van der Waals surface area contributed by atoms with Crippen LogP contribution in [0.2, 0.25) is 0 Å². The van der Waals surface area contributed by atoms with Crippen molar-refractivity contribution in [2.75, 3.05) is 31.1 Å². The van der Waals surface area contributed by atoms with E-state index in [4.69, 9.17) is 16.8 Å². The van der Waals surface area contributed by atoms with E-state index in [-0.39, 0.29) is 18.0 Å². The minimum Gasteiger partial charge on any atom is -0.345 e. The molecular formula is C21H19ClN4O4S2. The quantitative estimate of drug-likeness (QED) is 0.430. The summed E-state index contributed by atoms with van der Waals surface area (Å²) in [5, 5.41) is 10.6. The van der Waals surface area contributed by atoms with Gasteiger partial charge in [-0.1, -0.05) is 59.3 Å². The van der Waals surface area contributed by atoms with Gasteiger partial charge in [-0.2, -0.15) is 4.31 Å². The second-order valence-electron chi connectivity index (χ2n) is 7.58. The summed E-state index contributed by atoms with van der Waals surface area (Å²) in [5.41, 5.74) is 3.21. The first kappa shape index (κ1) is 21.4. The van der Waals surface area contributed by atoms with Gasteiger partial charge in [-0.15, -0.1) is 0 Å². The Morgan fingerprint density at radius 3 is 2.59 bits per heavy atom. The zero-order valence-corrected chi connectivity index (χ0v) is 19.1. The highest BCUT2D eigenvalue weighted by atomic mass is 35.5. The van der Waals surface area contributed by atoms with Crippen LogP contribution in [0.15, 0.2) is 47.6 Å². The molecule has 0 saturated carbocycles. The molecule has 1 saturated heterocycles. The number of carbonyl (C=O) groups is 1. The number of amides is 1. The zero-order chi connectivity index (χ0) is 22.5. The van der Waals surface area contributed by atoms with Gasteiger partial charge in [0.05, 0.1) is 6.20 Å². The van der Waals surface area contributed by atoms with Crippen LogP contribution in [0.25, 0.3) is 16.8 Å². The zero-order valence-electron chi connectivity index (χ0n) is 16.7. The highest BCUT2D eigenvalue weighted by molar-refractivity contribution is 7.89. The Hall–Kier alpha value is -2.50. The number of hydrogen-bond acceptors (Lipinski definition) is 7. The number of halogens is 1.